The second-order valence-electron chi connectivity index (χ2n) is 5.92. The summed E-state index contributed by atoms with van der Waals surface area (Å²) in [6.45, 7) is 4.22. The Hall–Kier alpha value is -1.14. The number of benzene rings is 1. The SMILES string of the molecule is CCN(CC)S(=O)(=O)N1CCN(S(=O)(=O)Cc2cc(F)cc(F)c2)CC1. The standard InChI is InChI=1S/C15H23F2N3O4S2/c1-3-18(4-2)26(23,24)20-7-5-19(6-8-20)25(21,22)12-13-9-14(16)11-15(17)10-13/h9-11H,3-8,12H2,1-2H3. The minimum Gasteiger partial charge on any atom is -0.212 e. The predicted octanol–water partition coefficient (Wildman–Crippen LogP) is 0.999. The maximum absolute atomic E-state index is 13.2. The van der Waals surface area contributed by atoms with Crippen molar-refractivity contribution in [3.8, 4) is 0 Å². The molecule has 1 aliphatic rings. The van der Waals surface area contributed by atoms with E-state index in [2.05, 4.69) is 0 Å². The first-order valence-corrected chi connectivity index (χ1v) is 11.3. The van der Waals surface area contributed by atoms with E-state index in [9.17, 15) is 25.6 Å². The zero-order valence-electron chi connectivity index (χ0n) is 14.7. The number of nitrogens with zero attached hydrogens (tertiary/aromatic N) is 3. The van der Waals surface area contributed by atoms with Crippen LogP contribution < -0.4 is 0 Å². The molecule has 7 nitrogen and oxygen atoms in total. The maximum atomic E-state index is 13.2. The van der Waals surface area contributed by atoms with Gasteiger partial charge in [0.15, 0.2) is 0 Å². The molecule has 26 heavy (non-hydrogen) atoms. The van der Waals surface area contributed by atoms with Gasteiger partial charge in [-0.15, -0.1) is 0 Å². The molecule has 0 aromatic heterocycles. The normalized spacial score (nSPS) is 17.7. The van der Waals surface area contributed by atoms with Crippen molar-refractivity contribution in [3.63, 3.8) is 0 Å². The van der Waals surface area contributed by atoms with Gasteiger partial charge in [-0.1, -0.05) is 13.8 Å². The van der Waals surface area contributed by atoms with Crippen LogP contribution in [0.1, 0.15) is 19.4 Å². The molecule has 148 valence electrons. The van der Waals surface area contributed by atoms with E-state index in [4.69, 9.17) is 0 Å². The number of hydrogen-bond donors (Lipinski definition) is 0. The van der Waals surface area contributed by atoms with Crippen LogP contribution in [0.4, 0.5) is 8.78 Å². The number of halogens is 2. The zero-order valence-corrected chi connectivity index (χ0v) is 16.4. The van der Waals surface area contributed by atoms with Crippen molar-refractivity contribution in [1.82, 2.24) is 12.9 Å². The monoisotopic (exact) mass is 411 g/mol. The highest BCUT2D eigenvalue weighted by Crippen LogP contribution is 2.18. The fourth-order valence-corrected chi connectivity index (χ4v) is 5.98. The lowest BCUT2D eigenvalue weighted by Gasteiger charge is -2.35. The first kappa shape index (κ1) is 21.2. The van der Waals surface area contributed by atoms with Crippen LogP contribution in [0.25, 0.3) is 0 Å². The Labute approximate surface area is 153 Å². The molecule has 1 saturated heterocycles. The van der Waals surface area contributed by atoms with Crippen LogP contribution in [0.2, 0.25) is 0 Å². The van der Waals surface area contributed by atoms with Crippen molar-refractivity contribution in [2.24, 2.45) is 0 Å². The maximum Gasteiger partial charge on any atom is 0.282 e. The van der Waals surface area contributed by atoms with Gasteiger partial charge < -0.3 is 0 Å². The van der Waals surface area contributed by atoms with Gasteiger partial charge >= 0.3 is 0 Å². The average molecular weight is 411 g/mol. The van der Waals surface area contributed by atoms with Crippen LogP contribution in [-0.4, -0.2) is 69.0 Å². The lowest BCUT2D eigenvalue weighted by molar-refractivity contribution is 0.256. The number of sulfonamides is 1. The van der Waals surface area contributed by atoms with Crippen LogP contribution >= 0.6 is 0 Å². The second-order valence-corrected chi connectivity index (χ2v) is 9.82. The summed E-state index contributed by atoms with van der Waals surface area (Å²) in [5.74, 6) is -2.22. The molecule has 0 atom stereocenters. The smallest absolute Gasteiger partial charge is 0.212 e. The molecule has 0 bridgehead atoms. The number of rotatable bonds is 7. The third-order valence-corrected chi connectivity index (χ3v) is 8.26. The Kier molecular flexibility index (Phi) is 6.72. The lowest BCUT2D eigenvalue weighted by atomic mass is 10.2. The van der Waals surface area contributed by atoms with E-state index >= 15 is 0 Å². The van der Waals surface area contributed by atoms with Crippen molar-refractivity contribution < 1.29 is 25.6 Å². The van der Waals surface area contributed by atoms with E-state index < -0.39 is 37.6 Å². The largest absolute Gasteiger partial charge is 0.282 e. The van der Waals surface area contributed by atoms with Crippen LogP contribution in [0.3, 0.4) is 0 Å². The first-order valence-electron chi connectivity index (χ1n) is 8.28. The predicted molar refractivity (Wildman–Crippen MR) is 94.0 cm³/mol. The summed E-state index contributed by atoms with van der Waals surface area (Å²) in [6, 6.07) is 2.62. The molecule has 2 rings (SSSR count). The summed E-state index contributed by atoms with van der Waals surface area (Å²) in [5, 5.41) is 0. The van der Waals surface area contributed by atoms with Gasteiger partial charge in [-0.3, -0.25) is 0 Å². The minimum absolute atomic E-state index is 0.000625. The number of piperazine rings is 1. The Balaban J connectivity index is 2.06. The van der Waals surface area contributed by atoms with Crippen LogP contribution in [0, 0.1) is 11.6 Å². The Bertz CT molecular complexity index is 814. The lowest BCUT2D eigenvalue weighted by Crippen LogP contribution is -2.54. The molecule has 1 aliphatic heterocycles. The molecule has 0 amide bonds. The van der Waals surface area contributed by atoms with Crippen molar-refractivity contribution in [2.45, 2.75) is 19.6 Å². The van der Waals surface area contributed by atoms with Crippen molar-refractivity contribution in [3.05, 3.63) is 35.4 Å². The van der Waals surface area contributed by atoms with Gasteiger partial charge in [0.05, 0.1) is 5.75 Å². The van der Waals surface area contributed by atoms with E-state index in [-0.39, 0.29) is 31.7 Å². The molecular formula is C15H23F2N3O4S2. The molecule has 1 aromatic carbocycles. The minimum atomic E-state index is -3.81. The Morgan fingerprint density at radius 2 is 1.35 bits per heavy atom. The van der Waals surface area contributed by atoms with E-state index in [1.807, 2.05) is 0 Å². The summed E-state index contributed by atoms with van der Waals surface area (Å²) in [7, 11) is -7.42. The topological polar surface area (TPSA) is 78.0 Å². The molecule has 1 fully saturated rings. The zero-order chi connectivity index (χ0) is 19.5. The average Bonchev–Trinajstić information content (AvgIpc) is 2.54. The van der Waals surface area contributed by atoms with E-state index in [0.29, 0.717) is 19.2 Å². The summed E-state index contributed by atoms with van der Waals surface area (Å²) in [6.07, 6.45) is 0. The third-order valence-electron chi connectivity index (χ3n) is 4.22. The van der Waals surface area contributed by atoms with Gasteiger partial charge in [-0.25, -0.2) is 17.2 Å². The van der Waals surface area contributed by atoms with Crippen molar-refractivity contribution in [2.75, 3.05) is 39.3 Å². The Morgan fingerprint density at radius 3 is 1.81 bits per heavy atom. The molecule has 0 saturated carbocycles. The molecule has 0 N–H and O–H groups in total. The molecule has 0 aliphatic carbocycles. The van der Waals surface area contributed by atoms with Crippen LogP contribution in [0.15, 0.2) is 18.2 Å². The third kappa shape index (κ3) is 4.77. The van der Waals surface area contributed by atoms with E-state index in [1.165, 1.54) is 8.61 Å². The molecule has 0 spiro atoms. The fourth-order valence-electron chi connectivity index (χ4n) is 2.89. The molecule has 0 radical (unpaired) electrons. The van der Waals surface area contributed by atoms with Crippen LogP contribution in [-0.2, 0) is 26.0 Å². The highest BCUT2D eigenvalue weighted by Gasteiger charge is 2.34. The quantitative estimate of drug-likeness (QED) is 0.671. The van der Waals surface area contributed by atoms with Gasteiger partial charge in [0, 0.05) is 45.3 Å². The highest BCUT2D eigenvalue weighted by atomic mass is 32.2. The number of hydrogen-bond acceptors (Lipinski definition) is 4. The van der Waals surface area contributed by atoms with E-state index in [1.54, 1.807) is 13.8 Å². The highest BCUT2D eigenvalue weighted by molar-refractivity contribution is 7.88. The second kappa shape index (κ2) is 8.26. The van der Waals surface area contributed by atoms with Gasteiger partial charge in [0.25, 0.3) is 10.2 Å². The molecule has 1 aromatic rings. The van der Waals surface area contributed by atoms with Crippen molar-refractivity contribution in [1.29, 1.82) is 0 Å². The van der Waals surface area contributed by atoms with Gasteiger partial charge in [-0.2, -0.15) is 21.3 Å². The molecular weight excluding hydrogens is 388 g/mol. The summed E-state index contributed by atoms with van der Waals surface area (Å²) in [5.41, 5.74) is 0.0145. The van der Waals surface area contributed by atoms with Gasteiger partial charge in [0.1, 0.15) is 11.6 Å². The van der Waals surface area contributed by atoms with Gasteiger partial charge in [0.2, 0.25) is 10.0 Å². The molecule has 0 unspecified atom stereocenters. The van der Waals surface area contributed by atoms with Crippen molar-refractivity contribution >= 4 is 20.2 Å². The molecule has 1 heterocycles. The summed E-state index contributed by atoms with van der Waals surface area (Å²) < 4.78 is 80.1. The van der Waals surface area contributed by atoms with E-state index in [0.717, 1.165) is 16.4 Å². The Morgan fingerprint density at radius 1 is 0.885 bits per heavy atom. The summed E-state index contributed by atoms with van der Waals surface area (Å²) >= 11 is 0. The fraction of sp³-hybridized carbons (Fsp3) is 0.600. The van der Waals surface area contributed by atoms with Crippen LogP contribution in [0.5, 0.6) is 0 Å². The first-order chi connectivity index (χ1) is 12.1. The van der Waals surface area contributed by atoms with Gasteiger partial charge in [-0.05, 0) is 17.7 Å². The summed E-state index contributed by atoms with van der Waals surface area (Å²) in [4.78, 5) is 0. The molecule has 11 heteroatoms.